The number of aryl methyl sites for hydroxylation is 1. The molecule has 0 radical (unpaired) electrons. The molecule has 0 saturated carbocycles. The number of benzene rings is 1. The molecule has 0 bridgehead atoms. The maximum absolute atomic E-state index is 12.8. The highest BCUT2D eigenvalue weighted by Gasteiger charge is 2.28. The van der Waals surface area contributed by atoms with Crippen molar-refractivity contribution in [3.8, 4) is 0 Å². The van der Waals surface area contributed by atoms with Crippen molar-refractivity contribution in [2.45, 2.75) is 26.2 Å². The largest absolute Gasteiger partial charge is 0.455 e. The van der Waals surface area contributed by atoms with Crippen LogP contribution in [0.2, 0.25) is 0 Å². The predicted molar refractivity (Wildman–Crippen MR) is 117 cm³/mol. The fourth-order valence-electron chi connectivity index (χ4n) is 3.40. The minimum atomic E-state index is -0.315. The summed E-state index contributed by atoms with van der Waals surface area (Å²) in [6.07, 6.45) is 5.35. The number of nitrogens with one attached hydrogen (secondary N) is 2. The van der Waals surface area contributed by atoms with Crippen LogP contribution in [-0.4, -0.2) is 22.5 Å². The summed E-state index contributed by atoms with van der Waals surface area (Å²) in [5.41, 5.74) is 5.98. The third-order valence-electron chi connectivity index (χ3n) is 4.87. The van der Waals surface area contributed by atoms with Gasteiger partial charge < -0.3 is 9.73 Å². The van der Waals surface area contributed by atoms with Gasteiger partial charge in [0, 0.05) is 45.7 Å². The Labute approximate surface area is 181 Å². The summed E-state index contributed by atoms with van der Waals surface area (Å²) < 4.78 is 6.82. The monoisotopic (exact) mass is 466 g/mol. The Hall–Kier alpha value is -3.26. The van der Waals surface area contributed by atoms with Crippen LogP contribution in [0.5, 0.6) is 0 Å². The minimum Gasteiger partial charge on any atom is -0.455 e. The number of halogens is 1. The Morgan fingerprint density at radius 1 is 1.07 bits per heavy atom. The molecule has 1 aromatic carbocycles. The molecule has 0 atom stereocenters. The molecule has 2 N–H and O–H groups in total. The highest BCUT2D eigenvalue weighted by Crippen LogP contribution is 2.30. The number of nitrogens with zero attached hydrogens (tertiary/aromatic N) is 2. The van der Waals surface area contributed by atoms with Crippen LogP contribution in [0.3, 0.4) is 0 Å². The van der Waals surface area contributed by atoms with Crippen LogP contribution in [0.4, 0.5) is 5.69 Å². The molecule has 1 aliphatic carbocycles. The second-order valence-electron chi connectivity index (χ2n) is 6.90. The number of furan rings is 1. The summed E-state index contributed by atoms with van der Waals surface area (Å²) in [7, 11) is 0. The summed E-state index contributed by atoms with van der Waals surface area (Å²) in [6.45, 7) is 1.84. The van der Waals surface area contributed by atoms with Crippen LogP contribution in [0.1, 0.15) is 50.6 Å². The highest BCUT2D eigenvalue weighted by atomic mass is 79.9. The van der Waals surface area contributed by atoms with Gasteiger partial charge in [-0.3, -0.25) is 14.6 Å². The van der Waals surface area contributed by atoms with E-state index in [1.165, 1.54) is 0 Å². The first kappa shape index (κ1) is 20.0. The van der Waals surface area contributed by atoms with E-state index in [9.17, 15) is 9.59 Å². The third-order valence-corrected chi connectivity index (χ3v) is 5.40. The molecule has 7 nitrogen and oxygen atoms in total. The lowest BCUT2D eigenvalue weighted by Gasteiger charge is -2.13. The first-order valence-electron chi connectivity index (χ1n) is 9.49. The molecule has 0 unspecified atom stereocenters. The van der Waals surface area contributed by atoms with Gasteiger partial charge in [-0.2, -0.15) is 5.10 Å². The van der Waals surface area contributed by atoms with Gasteiger partial charge in [-0.05, 0) is 56.2 Å². The summed E-state index contributed by atoms with van der Waals surface area (Å²) >= 11 is 3.38. The van der Waals surface area contributed by atoms with Crippen molar-refractivity contribution in [3.05, 3.63) is 81.5 Å². The molecule has 1 aliphatic rings. The molecule has 2 heterocycles. The molecule has 3 aromatic rings. The highest BCUT2D eigenvalue weighted by molar-refractivity contribution is 9.10. The van der Waals surface area contributed by atoms with Crippen molar-refractivity contribution in [2.75, 3.05) is 5.32 Å². The zero-order chi connectivity index (χ0) is 21.1. The van der Waals surface area contributed by atoms with Crippen LogP contribution < -0.4 is 10.7 Å². The van der Waals surface area contributed by atoms with Gasteiger partial charge >= 0.3 is 0 Å². The van der Waals surface area contributed by atoms with Gasteiger partial charge in [0.15, 0.2) is 5.76 Å². The van der Waals surface area contributed by atoms with Gasteiger partial charge in [-0.25, -0.2) is 5.43 Å². The minimum absolute atomic E-state index is 0.262. The number of hydrogen-bond donors (Lipinski definition) is 2. The number of carbonyl (C=O) groups is 2. The van der Waals surface area contributed by atoms with Crippen LogP contribution >= 0.6 is 15.9 Å². The molecule has 0 saturated heterocycles. The number of amides is 2. The maximum atomic E-state index is 12.8. The number of hydrazone groups is 1. The Morgan fingerprint density at radius 3 is 2.53 bits per heavy atom. The predicted octanol–water partition coefficient (Wildman–Crippen LogP) is 4.47. The van der Waals surface area contributed by atoms with Crippen LogP contribution in [0.15, 0.2) is 62.8 Å². The standard InChI is InChI=1S/C22H19BrN4O3/c1-13-19-17(26-27-21(28)14-9-11-24-12-10-14)3-2-4-18(19)30-20(13)22(29)25-16-7-5-15(23)6-8-16/h5-12H,2-4H2,1H3,(H,25,29)(H,27,28)/b26-17+. The smallest absolute Gasteiger partial charge is 0.291 e. The van der Waals surface area contributed by atoms with Crippen molar-refractivity contribution in [2.24, 2.45) is 5.10 Å². The van der Waals surface area contributed by atoms with E-state index in [2.05, 4.69) is 36.8 Å². The molecule has 0 fully saturated rings. The molecule has 8 heteroatoms. The fourth-order valence-corrected chi connectivity index (χ4v) is 3.67. The fraction of sp³-hybridized carbons (Fsp3) is 0.182. The van der Waals surface area contributed by atoms with E-state index in [1.807, 2.05) is 31.2 Å². The second-order valence-corrected chi connectivity index (χ2v) is 7.82. The summed E-state index contributed by atoms with van der Waals surface area (Å²) in [6, 6.07) is 10.6. The van der Waals surface area contributed by atoms with E-state index in [0.29, 0.717) is 23.4 Å². The van der Waals surface area contributed by atoms with Crippen molar-refractivity contribution < 1.29 is 14.0 Å². The SMILES string of the molecule is Cc1c(C(=O)Nc2ccc(Br)cc2)oc2c1/C(=N/NC(=O)c1ccncc1)CCC2. The summed E-state index contributed by atoms with van der Waals surface area (Å²) in [5.74, 6) is 0.352. The average molecular weight is 467 g/mol. The van der Waals surface area contributed by atoms with Gasteiger partial charge in [0.2, 0.25) is 0 Å². The quantitative estimate of drug-likeness (QED) is 0.554. The van der Waals surface area contributed by atoms with E-state index >= 15 is 0 Å². The van der Waals surface area contributed by atoms with Gasteiger partial charge in [0.1, 0.15) is 5.76 Å². The second kappa shape index (κ2) is 8.62. The number of carbonyl (C=O) groups excluding carboxylic acids is 2. The third kappa shape index (κ3) is 4.18. The summed E-state index contributed by atoms with van der Waals surface area (Å²) in [4.78, 5) is 29.0. The molecule has 2 aromatic heterocycles. The molecule has 152 valence electrons. The first-order chi connectivity index (χ1) is 14.5. The number of rotatable bonds is 4. The van der Waals surface area contributed by atoms with E-state index in [0.717, 1.165) is 34.2 Å². The lowest BCUT2D eigenvalue weighted by molar-refractivity contribution is 0.0953. The first-order valence-corrected chi connectivity index (χ1v) is 10.3. The Kier molecular flexibility index (Phi) is 5.76. The molecule has 4 rings (SSSR count). The molecule has 0 spiro atoms. The Balaban J connectivity index is 1.56. The zero-order valence-corrected chi connectivity index (χ0v) is 17.8. The molecule has 0 aliphatic heterocycles. The van der Waals surface area contributed by atoms with Crippen LogP contribution in [0.25, 0.3) is 0 Å². The molecule has 30 heavy (non-hydrogen) atoms. The van der Waals surface area contributed by atoms with E-state index in [-0.39, 0.29) is 17.6 Å². The van der Waals surface area contributed by atoms with Gasteiger partial charge in [0.25, 0.3) is 11.8 Å². The number of aromatic nitrogens is 1. The lowest BCUT2D eigenvalue weighted by atomic mass is 9.93. The molecule has 2 amide bonds. The van der Waals surface area contributed by atoms with Crippen LogP contribution in [0, 0.1) is 6.92 Å². The Morgan fingerprint density at radius 2 is 1.80 bits per heavy atom. The zero-order valence-electron chi connectivity index (χ0n) is 16.2. The van der Waals surface area contributed by atoms with Crippen molar-refractivity contribution in [1.82, 2.24) is 10.4 Å². The van der Waals surface area contributed by atoms with Crippen molar-refractivity contribution in [1.29, 1.82) is 0 Å². The van der Waals surface area contributed by atoms with Crippen LogP contribution in [-0.2, 0) is 6.42 Å². The topological polar surface area (TPSA) is 96.6 Å². The van der Waals surface area contributed by atoms with E-state index in [1.54, 1.807) is 24.5 Å². The number of anilines is 1. The van der Waals surface area contributed by atoms with Crippen molar-refractivity contribution in [3.63, 3.8) is 0 Å². The normalized spacial score (nSPS) is 14.3. The van der Waals surface area contributed by atoms with Crippen molar-refractivity contribution >= 4 is 39.1 Å². The van der Waals surface area contributed by atoms with Gasteiger partial charge in [-0.15, -0.1) is 0 Å². The summed E-state index contributed by atoms with van der Waals surface area (Å²) in [5, 5.41) is 7.18. The maximum Gasteiger partial charge on any atom is 0.291 e. The average Bonchev–Trinajstić information content (AvgIpc) is 3.11. The molecular weight excluding hydrogens is 448 g/mol. The number of fused-ring (bicyclic) bond motifs is 1. The van der Waals surface area contributed by atoms with Gasteiger partial charge in [0.05, 0.1) is 5.71 Å². The number of hydrogen-bond acceptors (Lipinski definition) is 5. The number of pyridine rings is 1. The van der Waals surface area contributed by atoms with E-state index in [4.69, 9.17) is 4.42 Å². The lowest BCUT2D eigenvalue weighted by Crippen LogP contribution is -2.22. The Bertz CT molecular complexity index is 1120. The van der Waals surface area contributed by atoms with E-state index < -0.39 is 0 Å². The van der Waals surface area contributed by atoms with Gasteiger partial charge in [-0.1, -0.05) is 15.9 Å². The molecular formula is C22H19BrN4O3.